The Bertz CT molecular complexity index is 636. The Hall–Kier alpha value is -1.88. The van der Waals surface area contributed by atoms with Crippen molar-refractivity contribution in [2.75, 3.05) is 33.2 Å². The highest BCUT2D eigenvalue weighted by molar-refractivity contribution is 5.83. The fourth-order valence-corrected chi connectivity index (χ4v) is 4.39. The number of hydrogen-bond acceptors (Lipinski definition) is 3. The summed E-state index contributed by atoms with van der Waals surface area (Å²) in [6.45, 7) is 7.50. The molecule has 2 aliphatic rings. The van der Waals surface area contributed by atoms with Crippen molar-refractivity contribution in [1.29, 1.82) is 0 Å². The first-order chi connectivity index (χ1) is 12.4. The number of benzene rings is 1. The van der Waals surface area contributed by atoms with Crippen LogP contribution in [0.15, 0.2) is 30.3 Å². The Morgan fingerprint density at radius 2 is 1.85 bits per heavy atom. The predicted molar refractivity (Wildman–Crippen MR) is 103 cm³/mol. The highest BCUT2D eigenvalue weighted by atomic mass is 16.2. The van der Waals surface area contributed by atoms with E-state index >= 15 is 0 Å². The highest BCUT2D eigenvalue weighted by Gasteiger charge is 2.45. The van der Waals surface area contributed by atoms with E-state index in [9.17, 15) is 9.59 Å². The molecule has 1 N–H and O–H groups in total. The molecule has 2 fully saturated rings. The Morgan fingerprint density at radius 3 is 2.42 bits per heavy atom. The summed E-state index contributed by atoms with van der Waals surface area (Å²) in [6.07, 6.45) is 2.49. The normalized spacial score (nSPS) is 20.8. The molecule has 1 spiro atoms. The van der Waals surface area contributed by atoms with Gasteiger partial charge in [0.1, 0.15) is 6.04 Å². The summed E-state index contributed by atoms with van der Waals surface area (Å²) in [5.74, 6) is 0.922. The second-order valence-electron chi connectivity index (χ2n) is 8.30. The van der Waals surface area contributed by atoms with Crippen molar-refractivity contribution in [3.63, 3.8) is 0 Å². The largest absolute Gasteiger partial charge is 0.342 e. The van der Waals surface area contributed by atoms with Crippen LogP contribution in [0, 0.1) is 11.3 Å². The van der Waals surface area contributed by atoms with E-state index in [0.29, 0.717) is 12.3 Å². The predicted octanol–water partition coefficient (Wildman–Crippen LogP) is 2.44. The van der Waals surface area contributed by atoms with E-state index in [1.165, 1.54) is 0 Å². The van der Waals surface area contributed by atoms with Crippen LogP contribution in [0.5, 0.6) is 0 Å². The van der Waals surface area contributed by atoms with E-state index in [0.717, 1.165) is 44.6 Å². The summed E-state index contributed by atoms with van der Waals surface area (Å²) in [7, 11) is 1.83. The molecule has 2 heterocycles. The van der Waals surface area contributed by atoms with Gasteiger partial charge in [-0.2, -0.15) is 0 Å². The number of rotatable bonds is 5. The number of carbonyl (C=O) groups is 2. The zero-order valence-corrected chi connectivity index (χ0v) is 16.2. The number of carbonyl (C=O) groups excluding carboxylic acids is 2. The molecule has 0 bridgehead atoms. The fourth-order valence-electron chi connectivity index (χ4n) is 4.39. The quantitative estimate of drug-likeness (QED) is 0.881. The van der Waals surface area contributed by atoms with Gasteiger partial charge in [0.2, 0.25) is 11.8 Å². The average molecular weight is 357 g/mol. The van der Waals surface area contributed by atoms with E-state index in [1.807, 2.05) is 47.2 Å². The van der Waals surface area contributed by atoms with Gasteiger partial charge in [-0.15, -0.1) is 0 Å². The van der Waals surface area contributed by atoms with Crippen molar-refractivity contribution in [3.05, 3.63) is 35.9 Å². The van der Waals surface area contributed by atoms with Crippen LogP contribution in [0.1, 0.15) is 44.7 Å². The standard InChI is InChI=1S/C21H31N3O2/c1-16(2)14-24-15-21(13-18(24)25)9-11-23(12-10-21)20(26)19(22-3)17-7-5-4-6-8-17/h4-8,16,19,22H,9-15H2,1-3H3/t19-/m1/s1. The number of piperidine rings is 1. The number of likely N-dealkylation sites (N-methyl/N-ethyl adjacent to an activating group) is 1. The molecule has 2 amide bonds. The lowest BCUT2D eigenvalue weighted by Crippen LogP contribution is -2.47. The maximum absolute atomic E-state index is 13.0. The zero-order chi connectivity index (χ0) is 18.7. The summed E-state index contributed by atoms with van der Waals surface area (Å²) >= 11 is 0. The number of likely N-dealkylation sites (tertiary alicyclic amines) is 2. The van der Waals surface area contributed by atoms with Gasteiger partial charge in [0, 0.05) is 38.0 Å². The molecule has 3 rings (SSSR count). The van der Waals surface area contributed by atoms with Gasteiger partial charge in [-0.1, -0.05) is 44.2 Å². The zero-order valence-electron chi connectivity index (χ0n) is 16.2. The minimum atomic E-state index is -0.298. The third-order valence-electron chi connectivity index (χ3n) is 5.80. The van der Waals surface area contributed by atoms with Crippen molar-refractivity contribution in [2.24, 2.45) is 11.3 Å². The molecular weight excluding hydrogens is 326 g/mol. The van der Waals surface area contributed by atoms with Crippen molar-refractivity contribution in [1.82, 2.24) is 15.1 Å². The minimum absolute atomic E-state index is 0.0740. The van der Waals surface area contributed by atoms with Crippen molar-refractivity contribution >= 4 is 11.8 Å². The highest BCUT2D eigenvalue weighted by Crippen LogP contribution is 2.41. The van der Waals surface area contributed by atoms with Crippen LogP contribution in [0.4, 0.5) is 0 Å². The molecule has 1 atom stereocenters. The van der Waals surface area contributed by atoms with Gasteiger partial charge in [-0.05, 0) is 31.4 Å². The Kier molecular flexibility index (Phi) is 5.66. The van der Waals surface area contributed by atoms with Crippen LogP contribution in [0.3, 0.4) is 0 Å². The second-order valence-corrected chi connectivity index (χ2v) is 8.30. The first-order valence-electron chi connectivity index (χ1n) is 9.73. The van der Waals surface area contributed by atoms with Crippen LogP contribution in [-0.4, -0.2) is 54.8 Å². The summed E-state index contributed by atoms with van der Waals surface area (Å²) in [6, 6.07) is 9.57. The molecule has 26 heavy (non-hydrogen) atoms. The smallest absolute Gasteiger partial charge is 0.244 e. The van der Waals surface area contributed by atoms with Crippen LogP contribution >= 0.6 is 0 Å². The van der Waals surface area contributed by atoms with E-state index in [2.05, 4.69) is 19.2 Å². The first-order valence-corrected chi connectivity index (χ1v) is 9.73. The molecule has 0 aromatic heterocycles. The van der Waals surface area contributed by atoms with Crippen LogP contribution in [0.2, 0.25) is 0 Å². The molecule has 142 valence electrons. The van der Waals surface area contributed by atoms with Crippen molar-refractivity contribution < 1.29 is 9.59 Å². The van der Waals surface area contributed by atoms with Crippen LogP contribution in [-0.2, 0) is 9.59 Å². The van der Waals surface area contributed by atoms with Crippen molar-refractivity contribution in [3.8, 4) is 0 Å². The summed E-state index contributed by atoms with van der Waals surface area (Å²) < 4.78 is 0. The van der Waals surface area contributed by atoms with Gasteiger partial charge < -0.3 is 15.1 Å². The van der Waals surface area contributed by atoms with Gasteiger partial charge in [0.25, 0.3) is 0 Å². The SMILES string of the molecule is CN[C@@H](C(=O)N1CCC2(CC1)CC(=O)N(CC(C)C)C2)c1ccccc1. The van der Waals surface area contributed by atoms with Gasteiger partial charge in [0.05, 0.1) is 0 Å². The van der Waals surface area contributed by atoms with Crippen LogP contribution in [0.25, 0.3) is 0 Å². The van der Waals surface area contributed by atoms with E-state index in [-0.39, 0.29) is 23.3 Å². The Morgan fingerprint density at radius 1 is 1.19 bits per heavy atom. The first kappa shape index (κ1) is 18.9. The Labute approximate surface area is 156 Å². The molecule has 2 aliphatic heterocycles. The van der Waals surface area contributed by atoms with Gasteiger partial charge in [0.15, 0.2) is 0 Å². The Balaban J connectivity index is 1.61. The third-order valence-corrected chi connectivity index (χ3v) is 5.80. The molecule has 5 heteroatoms. The van der Waals surface area contributed by atoms with E-state index in [4.69, 9.17) is 0 Å². The second kappa shape index (κ2) is 7.78. The summed E-state index contributed by atoms with van der Waals surface area (Å²) in [5, 5.41) is 3.16. The van der Waals surface area contributed by atoms with Gasteiger partial charge in [-0.3, -0.25) is 9.59 Å². The van der Waals surface area contributed by atoms with E-state index in [1.54, 1.807) is 0 Å². The molecule has 0 saturated carbocycles. The van der Waals surface area contributed by atoms with Crippen LogP contribution < -0.4 is 5.32 Å². The maximum atomic E-state index is 13.0. The van der Waals surface area contributed by atoms with Gasteiger partial charge >= 0.3 is 0 Å². The fraction of sp³-hybridized carbons (Fsp3) is 0.619. The molecule has 0 aliphatic carbocycles. The lowest BCUT2D eigenvalue weighted by Gasteiger charge is -2.40. The molecule has 1 aromatic carbocycles. The molecule has 0 radical (unpaired) electrons. The number of amides is 2. The molecule has 0 unspecified atom stereocenters. The minimum Gasteiger partial charge on any atom is -0.342 e. The van der Waals surface area contributed by atoms with Gasteiger partial charge in [-0.25, -0.2) is 0 Å². The number of hydrogen-bond donors (Lipinski definition) is 1. The lowest BCUT2D eigenvalue weighted by atomic mass is 9.77. The monoisotopic (exact) mass is 357 g/mol. The molecule has 5 nitrogen and oxygen atoms in total. The topological polar surface area (TPSA) is 52.7 Å². The summed E-state index contributed by atoms with van der Waals surface area (Å²) in [4.78, 5) is 29.4. The molecule has 2 saturated heterocycles. The maximum Gasteiger partial charge on any atom is 0.244 e. The lowest BCUT2D eigenvalue weighted by molar-refractivity contribution is -0.135. The third kappa shape index (κ3) is 3.93. The summed E-state index contributed by atoms with van der Waals surface area (Å²) in [5.41, 5.74) is 1.07. The van der Waals surface area contributed by atoms with E-state index < -0.39 is 0 Å². The average Bonchev–Trinajstić information content (AvgIpc) is 2.91. The number of nitrogens with one attached hydrogen (secondary N) is 1. The molecular formula is C21H31N3O2. The number of nitrogens with zero attached hydrogens (tertiary/aromatic N) is 2. The molecule has 1 aromatic rings. The van der Waals surface area contributed by atoms with Crippen molar-refractivity contribution in [2.45, 2.75) is 39.2 Å².